The summed E-state index contributed by atoms with van der Waals surface area (Å²) in [6.45, 7) is 6.17. The molecule has 138 valence electrons. The molecule has 1 fully saturated rings. The molecule has 1 aliphatic heterocycles. The highest BCUT2D eigenvalue weighted by Gasteiger charge is 2.39. The molecule has 1 heterocycles. The molecule has 0 spiro atoms. The zero-order valence-corrected chi connectivity index (χ0v) is 15.7. The molecule has 1 amide bonds. The monoisotopic (exact) mass is 347 g/mol. The smallest absolute Gasteiger partial charge is 0.410 e. The van der Waals surface area contributed by atoms with Gasteiger partial charge in [0.1, 0.15) is 5.60 Å². The Hall–Kier alpha value is -2.04. The first-order valence-electron chi connectivity index (χ1n) is 8.93. The van der Waals surface area contributed by atoms with Crippen molar-refractivity contribution in [1.29, 1.82) is 0 Å². The van der Waals surface area contributed by atoms with E-state index in [-0.39, 0.29) is 24.0 Å². The Bertz CT molecular complexity index is 579. The maximum Gasteiger partial charge on any atom is 0.410 e. The number of esters is 1. The molecule has 1 saturated heterocycles. The van der Waals surface area contributed by atoms with E-state index in [0.717, 1.165) is 24.8 Å². The zero-order valence-electron chi connectivity index (χ0n) is 15.7. The van der Waals surface area contributed by atoms with Gasteiger partial charge in [-0.25, -0.2) is 4.79 Å². The van der Waals surface area contributed by atoms with Crippen molar-refractivity contribution >= 4 is 12.1 Å². The van der Waals surface area contributed by atoms with E-state index in [1.54, 1.807) is 4.90 Å². The molecule has 0 saturated carbocycles. The number of likely N-dealkylation sites (tertiary alicyclic amines) is 1. The molecule has 0 bridgehead atoms. The predicted molar refractivity (Wildman–Crippen MR) is 96.2 cm³/mol. The van der Waals surface area contributed by atoms with Crippen LogP contribution in [-0.2, 0) is 20.7 Å². The lowest BCUT2D eigenvalue weighted by molar-refractivity contribution is -0.148. The van der Waals surface area contributed by atoms with Crippen molar-refractivity contribution < 1.29 is 19.1 Å². The molecule has 0 aromatic heterocycles. The molecule has 2 atom stereocenters. The zero-order chi connectivity index (χ0) is 18.4. The van der Waals surface area contributed by atoms with E-state index in [4.69, 9.17) is 9.47 Å². The normalized spacial score (nSPS) is 19.2. The van der Waals surface area contributed by atoms with Crippen LogP contribution in [-0.4, -0.2) is 42.3 Å². The Balaban J connectivity index is 2.22. The second-order valence-corrected chi connectivity index (χ2v) is 7.56. The summed E-state index contributed by atoms with van der Waals surface area (Å²) in [5, 5.41) is 0. The molecule has 5 heteroatoms. The summed E-state index contributed by atoms with van der Waals surface area (Å²) >= 11 is 0. The largest absolute Gasteiger partial charge is 0.469 e. The first-order chi connectivity index (χ1) is 11.8. The van der Waals surface area contributed by atoms with Crippen molar-refractivity contribution in [3.05, 3.63) is 35.9 Å². The fraction of sp³-hybridized carbons (Fsp3) is 0.600. The van der Waals surface area contributed by atoms with Gasteiger partial charge >= 0.3 is 12.1 Å². The van der Waals surface area contributed by atoms with E-state index in [9.17, 15) is 9.59 Å². The number of piperidine rings is 1. The van der Waals surface area contributed by atoms with Gasteiger partial charge in [-0.1, -0.05) is 30.3 Å². The number of benzene rings is 1. The van der Waals surface area contributed by atoms with Gasteiger partial charge < -0.3 is 14.4 Å². The highest BCUT2D eigenvalue weighted by Crippen LogP contribution is 2.28. The third-order valence-electron chi connectivity index (χ3n) is 4.44. The number of rotatable bonds is 4. The maximum absolute atomic E-state index is 12.6. The lowest BCUT2D eigenvalue weighted by Gasteiger charge is -2.39. The minimum atomic E-state index is -0.556. The molecule has 25 heavy (non-hydrogen) atoms. The lowest BCUT2D eigenvalue weighted by atomic mass is 9.86. The minimum absolute atomic E-state index is 0.198. The molecule has 0 N–H and O–H groups in total. The molecular weight excluding hydrogens is 318 g/mol. The summed E-state index contributed by atoms with van der Waals surface area (Å²) in [6, 6.07) is 9.65. The molecule has 0 aliphatic carbocycles. The van der Waals surface area contributed by atoms with Crippen LogP contribution in [0.15, 0.2) is 30.3 Å². The summed E-state index contributed by atoms with van der Waals surface area (Å²) in [6.07, 6.45) is 2.91. The molecule has 1 aromatic rings. The predicted octanol–water partition coefficient (Wildman–Crippen LogP) is 3.81. The molecule has 1 aliphatic rings. The third-order valence-corrected chi connectivity index (χ3v) is 4.44. The quantitative estimate of drug-likeness (QED) is 0.777. The fourth-order valence-corrected chi connectivity index (χ4v) is 3.32. The SMILES string of the molecule is COC(=O)[C@@H](Cc1ccccc1)C1CCCCN1C(=O)OC(C)(C)C. The van der Waals surface area contributed by atoms with Gasteiger partial charge in [-0.15, -0.1) is 0 Å². The van der Waals surface area contributed by atoms with Crippen molar-refractivity contribution in [2.24, 2.45) is 5.92 Å². The minimum Gasteiger partial charge on any atom is -0.469 e. The standard InChI is InChI=1S/C20H29NO4/c1-20(2,3)25-19(23)21-13-9-8-12-17(21)16(18(22)24-4)14-15-10-6-5-7-11-15/h5-7,10-11,16-17H,8-9,12-14H2,1-4H3/t16-,17?/m0/s1. The number of carbonyl (C=O) groups excluding carboxylic acids is 2. The van der Waals surface area contributed by atoms with E-state index in [1.807, 2.05) is 51.1 Å². The van der Waals surface area contributed by atoms with E-state index in [2.05, 4.69) is 0 Å². The van der Waals surface area contributed by atoms with Crippen molar-refractivity contribution in [1.82, 2.24) is 4.90 Å². The second kappa shape index (κ2) is 8.37. The molecule has 2 rings (SSSR count). The topological polar surface area (TPSA) is 55.8 Å². The maximum atomic E-state index is 12.6. The summed E-state index contributed by atoms with van der Waals surface area (Å²) < 4.78 is 10.6. The van der Waals surface area contributed by atoms with Gasteiger partial charge in [0.15, 0.2) is 0 Å². The highest BCUT2D eigenvalue weighted by molar-refractivity contribution is 5.75. The van der Waals surface area contributed by atoms with Crippen LogP contribution >= 0.6 is 0 Å². The Kier molecular flexibility index (Phi) is 6.45. The summed E-state index contributed by atoms with van der Waals surface area (Å²) in [5.41, 5.74) is 0.506. The Morgan fingerprint density at radius 2 is 1.88 bits per heavy atom. The first kappa shape index (κ1) is 19.3. The number of methoxy groups -OCH3 is 1. The van der Waals surface area contributed by atoms with Gasteiger partial charge in [-0.2, -0.15) is 0 Å². The lowest BCUT2D eigenvalue weighted by Crippen LogP contribution is -2.51. The first-order valence-corrected chi connectivity index (χ1v) is 8.93. The van der Waals surface area contributed by atoms with E-state index < -0.39 is 5.60 Å². The second-order valence-electron chi connectivity index (χ2n) is 7.56. The van der Waals surface area contributed by atoms with Crippen LogP contribution in [0.5, 0.6) is 0 Å². The van der Waals surface area contributed by atoms with Gasteiger partial charge in [-0.05, 0) is 52.0 Å². The third kappa shape index (κ3) is 5.48. The van der Waals surface area contributed by atoms with Crippen LogP contribution in [0.3, 0.4) is 0 Å². The van der Waals surface area contributed by atoms with Crippen LogP contribution in [0.4, 0.5) is 4.79 Å². The molecular formula is C20H29NO4. The van der Waals surface area contributed by atoms with Crippen molar-refractivity contribution in [2.75, 3.05) is 13.7 Å². The molecule has 0 radical (unpaired) electrons. The van der Waals surface area contributed by atoms with E-state index >= 15 is 0 Å². The Morgan fingerprint density at radius 1 is 1.20 bits per heavy atom. The van der Waals surface area contributed by atoms with Crippen LogP contribution < -0.4 is 0 Å². The van der Waals surface area contributed by atoms with Gasteiger partial charge in [0.05, 0.1) is 13.0 Å². The van der Waals surface area contributed by atoms with Crippen LogP contribution in [0.25, 0.3) is 0 Å². The van der Waals surface area contributed by atoms with Crippen molar-refractivity contribution in [3.8, 4) is 0 Å². The molecule has 5 nitrogen and oxygen atoms in total. The number of hydrogen-bond donors (Lipinski definition) is 0. The summed E-state index contributed by atoms with van der Waals surface area (Å²) in [7, 11) is 1.40. The van der Waals surface area contributed by atoms with Crippen LogP contribution in [0.2, 0.25) is 0 Å². The van der Waals surface area contributed by atoms with Gasteiger partial charge in [-0.3, -0.25) is 4.79 Å². The molecule has 1 aromatic carbocycles. The fourth-order valence-electron chi connectivity index (χ4n) is 3.32. The summed E-state index contributed by atoms with van der Waals surface area (Å²) in [4.78, 5) is 26.8. The Labute approximate surface area is 150 Å². The number of amides is 1. The number of carbonyl (C=O) groups is 2. The number of hydrogen-bond acceptors (Lipinski definition) is 4. The molecule has 1 unspecified atom stereocenters. The van der Waals surface area contributed by atoms with Crippen LogP contribution in [0, 0.1) is 5.92 Å². The number of nitrogens with zero attached hydrogens (tertiary/aromatic N) is 1. The van der Waals surface area contributed by atoms with Gasteiger partial charge in [0.25, 0.3) is 0 Å². The average molecular weight is 347 g/mol. The average Bonchev–Trinajstić information content (AvgIpc) is 2.58. The number of ether oxygens (including phenoxy) is 2. The Morgan fingerprint density at radius 3 is 2.48 bits per heavy atom. The van der Waals surface area contributed by atoms with E-state index in [1.165, 1.54) is 7.11 Å². The van der Waals surface area contributed by atoms with Crippen molar-refractivity contribution in [3.63, 3.8) is 0 Å². The van der Waals surface area contributed by atoms with E-state index in [0.29, 0.717) is 13.0 Å². The van der Waals surface area contributed by atoms with Gasteiger partial charge in [0.2, 0.25) is 0 Å². The van der Waals surface area contributed by atoms with Gasteiger partial charge in [0, 0.05) is 12.6 Å². The van der Waals surface area contributed by atoms with Crippen molar-refractivity contribution in [2.45, 2.75) is 58.1 Å². The highest BCUT2D eigenvalue weighted by atomic mass is 16.6. The summed E-state index contributed by atoms with van der Waals surface area (Å²) in [5.74, 6) is -0.662. The van der Waals surface area contributed by atoms with Crippen LogP contribution in [0.1, 0.15) is 45.6 Å².